The van der Waals surface area contributed by atoms with E-state index in [1.54, 1.807) is 12.1 Å². The molecule has 0 radical (unpaired) electrons. The van der Waals surface area contributed by atoms with Gasteiger partial charge in [0.2, 0.25) is 6.79 Å². The first-order chi connectivity index (χ1) is 10.1. The van der Waals surface area contributed by atoms with Crippen molar-refractivity contribution < 1.29 is 14.3 Å². The monoisotopic (exact) mass is 324 g/mol. The highest BCUT2D eigenvalue weighted by Crippen LogP contribution is 2.32. The highest BCUT2D eigenvalue weighted by molar-refractivity contribution is 6.67. The highest BCUT2D eigenvalue weighted by Gasteiger charge is 2.12. The molecule has 2 aromatic rings. The zero-order chi connectivity index (χ0) is 15.2. The fraction of sp³-hybridized carbons (Fsp3) is 0.188. The second-order valence-electron chi connectivity index (χ2n) is 4.46. The van der Waals surface area contributed by atoms with Crippen LogP contribution in [0.15, 0.2) is 42.5 Å². The van der Waals surface area contributed by atoms with E-state index in [4.69, 9.17) is 32.7 Å². The van der Waals surface area contributed by atoms with Crippen LogP contribution in [0, 0.1) is 6.92 Å². The van der Waals surface area contributed by atoms with Gasteiger partial charge in [-0.2, -0.15) is 0 Å². The summed E-state index contributed by atoms with van der Waals surface area (Å²) >= 11 is 10.9. The van der Waals surface area contributed by atoms with Crippen molar-refractivity contribution in [2.45, 2.75) is 12.8 Å². The molecule has 110 valence electrons. The maximum absolute atomic E-state index is 10.6. The van der Waals surface area contributed by atoms with Gasteiger partial charge < -0.3 is 9.47 Å². The lowest BCUT2D eigenvalue weighted by molar-refractivity contribution is 0.108. The van der Waals surface area contributed by atoms with E-state index in [-0.39, 0.29) is 0 Å². The number of aryl methyl sites for hydroxylation is 1. The Balaban J connectivity index is 0.000000155. The lowest BCUT2D eigenvalue weighted by atomic mass is 10.2. The molecule has 0 aromatic heterocycles. The first-order valence-electron chi connectivity index (χ1n) is 6.31. The number of hydrogen-bond acceptors (Lipinski definition) is 3. The smallest absolute Gasteiger partial charge is 0.252 e. The Bertz CT molecular complexity index is 641. The average molecular weight is 325 g/mol. The van der Waals surface area contributed by atoms with Crippen molar-refractivity contribution in [2.75, 3.05) is 6.79 Å². The Morgan fingerprint density at radius 3 is 2.52 bits per heavy atom. The first kappa shape index (κ1) is 15.7. The second-order valence-corrected chi connectivity index (χ2v) is 5.07. The summed E-state index contributed by atoms with van der Waals surface area (Å²) in [6, 6.07) is 12.9. The number of carbonyl (C=O) groups excluding carboxylic acids is 1. The van der Waals surface area contributed by atoms with Gasteiger partial charge >= 0.3 is 0 Å². The fourth-order valence-corrected chi connectivity index (χ4v) is 2.08. The summed E-state index contributed by atoms with van der Waals surface area (Å²) in [4.78, 5) is 10.6. The number of fused-ring (bicyclic) bond motifs is 1. The second kappa shape index (κ2) is 7.34. The molecule has 1 heterocycles. The number of rotatable bonds is 2. The molecule has 0 atom stereocenters. The van der Waals surface area contributed by atoms with Crippen LogP contribution in [0.5, 0.6) is 11.5 Å². The van der Waals surface area contributed by atoms with Crippen LogP contribution < -0.4 is 9.47 Å². The predicted molar refractivity (Wildman–Crippen MR) is 83.5 cm³/mol. The van der Waals surface area contributed by atoms with Crippen LogP contribution in [0.4, 0.5) is 0 Å². The molecule has 0 bridgehead atoms. The third-order valence-corrected chi connectivity index (χ3v) is 3.36. The van der Waals surface area contributed by atoms with Crippen molar-refractivity contribution in [3.8, 4) is 11.5 Å². The zero-order valence-electron chi connectivity index (χ0n) is 11.4. The largest absolute Gasteiger partial charge is 0.454 e. The van der Waals surface area contributed by atoms with E-state index in [1.807, 2.05) is 37.3 Å². The van der Waals surface area contributed by atoms with E-state index in [2.05, 4.69) is 0 Å². The number of hydrogen-bond donors (Lipinski definition) is 0. The zero-order valence-corrected chi connectivity index (χ0v) is 12.9. The summed E-state index contributed by atoms with van der Waals surface area (Å²) in [5.74, 6) is 2.11. The molecule has 0 saturated heterocycles. The van der Waals surface area contributed by atoms with Gasteiger partial charge in [-0.05, 0) is 42.3 Å². The fourth-order valence-electron chi connectivity index (χ4n) is 1.79. The molecule has 0 spiro atoms. The molecule has 0 fully saturated rings. The number of alkyl halides is 1. The van der Waals surface area contributed by atoms with Crippen LogP contribution in [0.1, 0.15) is 21.5 Å². The minimum absolute atomic E-state index is 0.321. The SMILES string of the molecule is Cc1cccc(C(=O)Cl)c1.ClCc1ccc2c(c1)OCO2. The summed E-state index contributed by atoms with van der Waals surface area (Å²) in [6.07, 6.45) is 0. The Kier molecular flexibility index (Phi) is 5.48. The van der Waals surface area contributed by atoms with Gasteiger partial charge in [-0.3, -0.25) is 4.79 Å². The number of halogens is 2. The van der Waals surface area contributed by atoms with Gasteiger partial charge in [0.25, 0.3) is 5.24 Å². The number of benzene rings is 2. The molecule has 0 saturated carbocycles. The summed E-state index contributed by atoms with van der Waals surface area (Å²) in [7, 11) is 0. The third kappa shape index (κ3) is 4.38. The molecule has 21 heavy (non-hydrogen) atoms. The van der Waals surface area contributed by atoms with Crippen molar-refractivity contribution in [3.05, 3.63) is 59.2 Å². The molecule has 0 unspecified atom stereocenters. The van der Waals surface area contributed by atoms with Crippen molar-refractivity contribution in [1.82, 2.24) is 0 Å². The predicted octanol–water partition coefficient (Wildman–Crippen LogP) is 4.53. The first-order valence-corrected chi connectivity index (χ1v) is 7.22. The standard InChI is InChI=1S/C8H7ClO2.C8H7ClO/c9-4-6-1-2-7-8(3-6)11-5-10-7;1-6-3-2-4-7(5-6)8(9)10/h1-3H,4-5H2;2-5H,1H3. The Morgan fingerprint density at radius 1 is 1.14 bits per heavy atom. The van der Waals surface area contributed by atoms with Crippen LogP contribution in [0.3, 0.4) is 0 Å². The van der Waals surface area contributed by atoms with Gasteiger partial charge in [-0.1, -0.05) is 29.8 Å². The minimum Gasteiger partial charge on any atom is -0.454 e. The Morgan fingerprint density at radius 2 is 1.90 bits per heavy atom. The van der Waals surface area contributed by atoms with E-state index < -0.39 is 5.24 Å². The van der Waals surface area contributed by atoms with Crippen LogP contribution in [-0.2, 0) is 5.88 Å². The summed E-state index contributed by atoms with van der Waals surface area (Å²) in [5.41, 5.74) is 2.66. The van der Waals surface area contributed by atoms with Crippen LogP contribution >= 0.6 is 23.2 Å². The summed E-state index contributed by atoms with van der Waals surface area (Å²) in [5, 5.41) is -0.399. The lowest BCUT2D eigenvalue weighted by Crippen LogP contribution is -1.92. The minimum atomic E-state index is -0.399. The maximum atomic E-state index is 10.6. The molecular formula is C16H14Cl2O3. The van der Waals surface area contributed by atoms with Crippen molar-refractivity contribution >= 4 is 28.4 Å². The van der Waals surface area contributed by atoms with Gasteiger partial charge in [0, 0.05) is 11.4 Å². The van der Waals surface area contributed by atoms with Crippen molar-refractivity contribution in [1.29, 1.82) is 0 Å². The van der Waals surface area contributed by atoms with Crippen LogP contribution in [-0.4, -0.2) is 12.0 Å². The molecule has 0 N–H and O–H groups in total. The van der Waals surface area contributed by atoms with Gasteiger partial charge in [0.05, 0.1) is 0 Å². The van der Waals surface area contributed by atoms with Crippen LogP contribution in [0.25, 0.3) is 0 Å². The molecule has 1 aliphatic heterocycles. The maximum Gasteiger partial charge on any atom is 0.252 e. The Hall–Kier alpha value is -1.71. The Labute approximate surface area is 133 Å². The lowest BCUT2D eigenvalue weighted by Gasteiger charge is -1.97. The number of carbonyl (C=O) groups is 1. The van der Waals surface area contributed by atoms with E-state index in [1.165, 1.54) is 0 Å². The van der Waals surface area contributed by atoms with Gasteiger partial charge in [-0.15, -0.1) is 11.6 Å². The highest BCUT2D eigenvalue weighted by atomic mass is 35.5. The quantitative estimate of drug-likeness (QED) is 0.601. The third-order valence-electron chi connectivity index (χ3n) is 2.84. The van der Waals surface area contributed by atoms with Crippen molar-refractivity contribution in [2.24, 2.45) is 0 Å². The molecule has 0 aliphatic carbocycles. The number of ether oxygens (including phenoxy) is 2. The van der Waals surface area contributed by atoms with Gasteiger partial charge in [0.15, 0.2) is 11.5 Å². The van der Waals surface area contributed by atoms with Crippen LogP contribution in [0.2, 0.25) is 0 Å². The molecule has 0 amide bonds. The normalized spacial score (nSPS) is 11.6. The molecule has 2 aromatic carbocycles. The molecule has 3 nitrogen and oxygen atoms in total. The van der Waals surface area contributed by atoms with Gasteiger partial charge in [0.1, 0.15) is 0 Å². The molecule has 3 rings (SSSR count). The summed E-state index contributed by atoms with van der Waals surface area (Å²) < 4.78 is 10.3. The van der Waals surface area contributed by atoms with Crippen molar-refractivity contribution in [3.63, 3.8) is 0 Å². The molecule has 5 heteroatoms. The van der Waals surface area contributed by atoms with Gasteiger partial charge in [-0.25, -0.2) is 0 Å². The van der Waals surface area contributed by atoms with E-state index in [0.29, 0.717) is 18.2 Å². The van der Waals surface area contributed by atoms with E-state index in [0.717, 1.165) is 22.6 Å². The molecular weight excluding hydrogens is 311 g/mol. The molecule has 1 aliphatic rings. The topological polar surface area (TPSA) is 35.5 Å². The van der Waals surface area contributed by atoms with E-state index >= 15 is 0 Å². The average Bonchev–Trinajstić information content (AvgIpc) is 2.95. The summed E-state index contributed by atoms with van der Waals surface area (Å²) in [6.45, 7) is 2.24. The van der Waals surface area contributed by atoms with E-state index in [9.17, 15) is 4.79 Å².